The first kappa shape index (κ1) is 16.0. The summed E-state index contributed by atoms with van der Waals surface area (Å²) in [5, 5.41) is 3.84. The highest BCUT2D eigenvalue weighted by Gasteiger charge is 2.04. The molecule has 0 saturated carbocycles. The number of nitrogens with one attached hydrogen (secondary N) is 1. The van der Waals surface area contributed by atoms with Gasteiger partial charge in [-0.05, 0) is 13.2 Å². The Morgan fingerprint density at radius 1 is 1.21 bits per heavy atom. The quantitative estimate of drug-likeness (QED) is 0.399. The Labute approximate surface area is 118 Å². The van der Waals surface area contributed by atoms with E-state index >= 15 is 0 Å². The monoisotopic (exact) mass is 287 g/mol. The number of aromatic nitrogens is 2. The molecular weight excluding hydrogens is 266 g/mol. The molecule has 19 heavy (non-hydrogen) atoms. The molecule has 0 aliphatic heterocycles. The van der Waals surface area contributed by atoms with E-state index in [0.29, 0.717) is 37.5 Å². The minimum atomic E-state index is 0.458. The lowest BCUT2D eigenvalue weighted by molar-refractivity contribution is 0.0535. The molecule has 6 nitrogen and oxygen atoms in total. The fourth-order valence-electron chi connectivity index (χ4n) is 1.29. The maximum atomic E-state index is 5.55. The standard InChI is InChI=1S/C12H21N3O3S/c1-4-13-10-9-11(15-12(14-10)19-3)18-8-7-17-6-5-16-2/h9H,4-8H2,1-3H3,(H,13,14,15). The van der Waals surface area contributed by atoms with Gasteiger partial charge in [0.25, 0.3) is 0 Å². The average Bonchev–Trinajstić information content (AvgIpc) is 2.43. The topological polar surface area (TPSA) is 65.5 Å². The molecule has 0 aromatic carbocycles. The zero-order chi connectivity index (χ0) is 13.9. The molecule has 0 spiro atoms. The van der Waals surface area contributed by atoms with E-state index in [1.165, 1.54) is 11.8 Å². The summed E-state index contributed by atoms with van der Waals surface area (Å²) in [6.07, 6.45) is 1.93. The van der Waals surface area contributed by atoms with Crippen LogP contribution in [0.4, 0.5) is 5.82 Å². The number of rotatable bonds is 10. The van der Waals surface area contributed by atoms with E-state index in [2.05, 4.69) is 15.3 Å². The van der Waals surface area contributed by atoms with Crippen LogP contribution in [0.5, 0.6) is 5.88 Å². The number of anilines is 1. The molecule has 0 radical (unpaired) electrons. The van der Waals surface area contributed by atoms with Crippen molar-refractivity contribution in [3.05, 3.63) is 6.07 Å². The summed E-state index contributed by atoms with van der Waals surface area (Å²) < 4.78 is 15.7. The second-order valence-electron chi connectivity index (χ2n) is 3.56. The van der Waals surface area contributed by atoms with Gasteiger partial charge >= 0.3 is 0 Å². The van der Waals surface area contributed by atoms with Crippen LogP contribution in [0.3, 0.4) is 0 Å². The number of thioether (sulfide) groups is 1. The van der Waals surface area contributed by atoms with Gasteiger partial charge in [-0.1, -0.05) is 11.8 Å². The summed E-state index contributed by atoms with van der Waals surface area (Å²) in [7, 11) is 1.65. The molecule has 0 amide bonds. The minimum absolute atomic E-state index is 0.458. The van der Waals surface area contributed by atoms with E-state index in [1.54, 1.807) is 13.2 Å². The van der Waals surface area contributed by atoms with Crippen LogP contribution in [-0.4, -0.2) is 56.3 Å². The summed E-state index contributed by atoms with van der Waals surface area (Å²) in [5.41, 5.74) is 0. The molecule has 0 bridgehead atoms. The molecule has 0 fully saturated rings. The zero-order valence-electron chi connectivity index (χ0n) is 11.6. The van der Waals surface area contributed by atoms with Crippen molar-refractivity contribution in [2.75, 3.05) is 51.7 Å². The van der Waals surface area contributed by atoms with Crippen LogP contribution in [-0.2, 0) is 9.47 Å². The first-order valence-corrected chi connectivity index (χ1v) is 7.39. The van der Waals surface area contributed by atoms with Crippen molar-refractivity contribution in [2.24, 2.45) is 0 Å². The maximum absolute atomic E-state index is 5.55. The van der Waals surface area contributed by atoms with Crippen molar-refractivity contribution in [3.63, 3.8) is 0 Å². The van der Waals surface area contributed by atoms with Crippen LogP contribution < -0.4 is 10.1 Å². The Balaban J connectivity index is 2.41. The highest BCUT2D eigenvalue weighted by molar-refractivity contribution is 7.98. The third-order valence-electron chi connectivity index (χ3n) is 2.13. The minimum Gasteiger partial charge on any atom is -0.475 e. The average molecular weight is 287 g/mol. The van der Waals surface area contributed by atoms with Gasteiger partial charge in [-0.3, -0.25) is 0 Å². The highest BCUT2D eigenvalue weighted by Crippen LogP contribution is 2.18. The molecule has 0 unspecified atom stereocenters. The lowest BCUT2D eigenvalue weighted by atomic mass is 10.5. The fraction of sp³-hybridized carbons (Fsp3) is 0.667. The van der Waals surface area contributed by atoms with Crippen molar-refractivity contribution in [3.8, 4) is 5.88 Å². The normalized spacial score (nSPS) is 10.5. The summed E-state index contributed by atoms with van der Waals surface area (Å²) in [6, 6.07) is 1.79. The van der Waals surface area contributed by atoms with E-state index in [4.69, 9.17) is 14.2 Å². The van der Waals surface area contributed by atoms with Crippen molar-refractivity contribution in [1.82, 2.24) is 9.97 Å². The van der Waals surface area contributed by atoms with Gasteiger partial charge < -0.3 is 19.5 Å². The van der Waals surface area contributed by atoms with Crippen molar-refractivity contribution >= 4 is 17.6 Å². The van der Waals surface area contributed by atoms with Crippen molar-refractivity contribution in [2.45, 2.75) is 12.1 Å². The summed E-state index contributed by atoms with van der Waals surface area (Å²) in [4.78, 5) is 8.60. The van der Waals surface area contributed by atoms with E-state index in [0.717, 1.165) is 12.4 Å². The number of nitrogens with zero attached hydrogens (tertiary/aromatic N) is 2. The summed E-state index contributed by atoms with van der Waals surface area (Å²) in [5.74, 6) is 1.34. The molecule has 0 saturated heterocycles. The largest absolute Gasteiger partial charge is 0.475 e. The van der Waals surface area contributed by atoms with Gasteiger partial charge in [-0.15, -0.1) is 0 Å². The van der Waals surface area contributed by atoms with Crippen LogP contribution in [0.1, 0.15) is 6.92 Å². The molecule has 7 heteroatoms. The maximum Gasteiger partial charge on any atom is 0.219 e. The van der Waals surface area contributed by atoms with Crippen LogP contribution >= 0.6 is 11.8 Å². The van der Waals surface area contributed by atoms with Gasteiger partial charge in [0.2, 0.25) is 5.88 Å². The molecule has 1 N–H and O–H groups in total. The molecule has 0 atom stereocenters. The van der Waals surface area contributed by atoms with E-state index in [-0.39, 0.29) is 0 Å². The Hall–Kier alpha value is -1.05. The van der Waals surface area contributed by atoms with E-state index < -0.39 is 0 Å². The molecule has 108 valence electrons. The highest BCUT2D eigenvalue weighted by atomic mass is 32.2. The molecule has 1 rings (SSSR count). The second-order valence-corrected chi connectivity index (χ2v) is 4.34. The van der Waals surface area contributed by atoms with Crippen LogP contribution in [0.25, 0.3) is 0 Å². The van der Waals surface area contributed by atoms with Crippen molar-refractivity contribution < 1.29 is 14.2 Å². The van der Waals surface area contributed by atoms with E-state index in [9.17, 15) is 0 Å². The molecule has 1 aromatic heterocycles. The van der Waals surface area contributed by atoms with Crippen LogP contribution in [0.15, 0.2) is 11.2 Å². The van der Waals surface area contributed by atoms with Gasteiger partial charge in [0.05, 0.1) is 19.8 Å². The molecule has 0 aliphatic carbocycles. The van der Waals surface area contributed by atoms with Crippen LogP contribution in [0.2, 0.25) is 0 Å². The predicted octanol–water partition coefficient (Wildman–Crippen LogP) is 1.67. The summed E-state index contributed by atoms with van der Waals surface area (Å²) >= 11 is 1.48. The zero-order valence-corrected chi connectivity index (χ0v) is 12.5. The fourth-order valence-corrected chi connectivity index (χ4v) is 1.66. The molecule has 1 aromatic rings. The third kappa shape index (κ3) is 6.60. The summed E-state index contributed by atoms with van der Waals surface area (Å²) in [6.45, 7) is 4.96. The number of ether oxygens (including phenoxy) is 3. The van der Waals surface area contributed by atoms with Crippen molar-refractivity contribution in [1.29, 1.82) is 0 Å². The molecule has 1 heterocycles. The lowest BCUT2D eigenvalue weighted by Gasteiger charge is -2.09. The van der Waals surface area contributed by atoms with Gasteiger partial charge in [0, 0.05) is 19.7 Å². The van der Waals surface area contributed by atoms with Gasteiger partial charge in [0.15, 0.2) is 5.16 Å². The van der Waals surface area contributed by atoms with Gasteiger partial charge in [-0.2, -0.15) is 4.98 Å². The number of hydrogen-bond acceptors (Lipinski definition) is 7. The first-order chi connectivity index (χ1) is 9.30. The Morgan fingerprint density at radius 3 is 2.68 bits per heavy atom. The second kappa shape index (κ2) is 9.82. The number of hydrogen-bond donors (Lipinski definition) is 1. The Kier molecular flexibility index (Phi) is 8.28. The SMILES string of the molecule is CCNc1cc(OCCOCCOC)nc(SC)n1. The predicted molar refractivity (Wildman–Crippen MR) is 76.2 cm³/mol. The molecular formula is C12H21N3O3S. The smallest absolute Gasteiger partial charge is 0.219 e. The Bertz CT molecular complexity index is 366. The third-order valence-corrected chi connectivity index (χ3v) is 2.68. The first-order valence-electron chi connectivity index (χ1n) is 6.16. The molecule has 0 aliphatic rings. The van der Waals surface area contributed by atoms with Gasteiger partial charge in [0.1, 0.15) is 12.4 Å². The van der Waals surface area contributed by atoms with Gasteiger partial charge in [-0.25, -0.2) is 4.98 Å². The number of methoxy groups -OCH3 is 1. The Morgan fingerprint density at radius 2 is 2.00 bits per heavy atom. The van der Waals surface area contributed by atoms with E-state index in [1.807, 2.05) is 13.2 Å². The lowest BCUT2D eigenvalue weighted by Crippen LogP contribution is -2.11. The van der Waals surface area contributed by atoms with Crippen LogP contribution in [0, 0.1) is 0 Å².